The minimum atomic E-state index is -0.247. The van der Waals surface area contributed by atoms with E-state index < -0.39 is 0 Å². The number of nitrogens with zero attached hydrogens (tertiary/aromatic N) is 2. The number of benzene rings is 1. The van der Waals surface area contributed by atoms with Crippen LogP contribution in [0.3, 0.4) is 0 Å². The molecule has 5 nitrogen and oxygen atoms in total. The molecule has 18 heavy (non-hydrogen) atoms. The standard InChI is InChI=1S/C13H15N3O2/c1-10(9-17)15-13(18)11-3-5-12(6-4-11)16-8-2-7-14-16/h2-8,10,17H,9H2,1H3,(H,15,18)/t10-/m0/s1. The number of carbonyl (C=O) groups is 1. The predicted molar refractivity (Wildman–Crippen MR) is 67.6 cm³/mol. The molecule has 0 unspecified atom stereocenters. The van der Waals surface area contributed by atoms with E-state index in [0.717, 1.165) is 5.69 Å². The van der Waals surface area contributed by atoms with Gasteiger partial charge in [-0.25, -0.2) is 4.68 Å². The number of rotatable bonds is 4. The van der Waals surface area contributed by atoms with Crippen LogP contribution in [0, 0.1) is 0 Å². The largest absolute Gasteiger partial charge is 0.394 e. The fraction of sp³-hybridized carbons (Fsp3) is 0.231. The topological polar surface area (TPSA) is 67.2 Å². The van der Waals surface area contributed by atoms with Crippen molar-refractivity contribution >= 4 is 5.91 Å². The second-order valence-electron chi connectivity index (χ2n) is 4.05. The van der Waals surface area contributed by atoms with E-state index in [-0.39, 0.29) is 18.6 Å². The van der Waals surface area contributed by atoms with Crippen LogP contribution < -0.4 is 5.32 Å². The van der Waals surface area contributed by atoms with Crippen molar-refractivity contribution in [2.75, 3.05) is 6.61 Å². The minimum Gasteiger partial charge on any atom is -0.394 e. The SMILES string of the molecule is C[C@@H](CO)NC(=O)c1ccc(-n2cccn2)cc1. The van der Waals surface area contributed by atoms with Crippen molar-refractivity contribution in [3.8, 4) is 5.69 Å². The highest BCUT2D eigenvalue weighted by Crippen LogP contribution is 2.08. The maximum absolute atomic E-state index is 11.8. The molecule has 5 heteroatoms. The molecule has 0 radical (unpaired) electrons. The molecule has 0 spiro atoms. The molecule has 94 valence electrons. The van der Waals surface area contributed by atoms with Crippen LogP contribution in [0.1, 0.15) is 17.3 Å². The van der Waals surface area contributed by atoms with Crippen LogP contribution in [0.5, 0.6) is 0 Å². The Morgan fingerprint density at radius 3 is 2.72 bits per heavy atom. The van der Waals surface area contributed by atoms with Crippen molar-refractivity contribution in [1.82, 2.24) is 15.1 Å². The lowest BCUT2D eigenvalue weighted by Gasteiger charge is -2.11. The lowest BCUT2D eigenvalue weighted by molar-refractivity contribution is 0.0922. The third-order valence-corrected chi connectivity index (χ3v) is 2.55. The molecule has 1 atom stereocenters. The maximum atomic E-state index is 11.8. The van der Waals surface area contributed by atoms with Crippen molar-refractivity contribution in [3.05, 3.63) is 48.3 Å². The maximum Gasteiger partial charge on any atom is 0.251 e. The van der Waals surface area contributed by atoms with Gasteiger partial charge in [-0.15, -0.1) is 0 Å². The highest BCUT2D eigenvalue weighted by molar-refractivity contribution is 5.94. The van der Waals surface area contributed by atoms with Crippen LogP contribution in [-0.2, 0) is 0 Å². The number of hydrogen-bond donors (Lipinski definition) is 2. The van der Waals surface area contributed by atoms with Gasteiger partial charge in [0.05, 0.1) is 12.3 Å². The molecule has 0 aliphatic rings. The Bertz CT molecular complexity index is 506. The number of aromatic nitrogens is 2. The lowest BCUT2D eigenvalue weighted by Crippen LogP contribution is -2.34. The van der Waals surface area contributed by atoms with E-state index in [1.54, 1.807) is 29.9 Å². The van der Waals surface area contributed by atoms with Gasteiger partial charge in [-0.05, 0) is 37.3 Å². The second kappa shape index (κ2) is 5.46. The van der Waals surface area contributed by atoms with E-state index in [9.17, 15) is 4.79 Å². The minimum absolute atomic E-state index is 0.0723. The summed E-state index contributed by atoms with van der Waals surface area (Å²) in [4.78, 5) is 11.8. The number of aliphatic hydroxyl groups is 1. The third-order valence-electron chi connectivity index (χ3n) is 2.55. The molecule has 0 saturated carbocycles. The molecule has 2 N–H and O–H groups in total. The molecule has 0 bridgehead atoms. The number of carbonyl (C=O) groups excluding carboxylic acids is 1. The van der Waals surface area contributed by atoms with Crippen LogP contribution in [0.2, 0.25) is 0 Å². The molecule has 1 aromatic carbocycles. The molecule has 1 amide bonds. The van der Waals surface area contributed by atoms with Gasteiger partial charge in [0.25, 0.3) is 5.91 Å². The Kier molecular flexibility index (Phi) is 3.74. The molecule has 1 aromatic heterocycles. The number of nitrogens with one attached hydrogen (secondary N) is 1. The first-order chi connectivity index (χ1) is 8.70. The summed E-state index contributed by atoms with van der Waals surface area (Å²) in [5.74, 6) is -0.191. The van der Waals surface area contributed by atoms with Crippen molar-refractivity contribution in [3.63, 3.8) is 0 Å². The third kappa shape index (κ3) is 2.75. The van der Waals surface area contributed by atoms with Gasteiger partial charge < -0.3 is 10.4 Å². The van der Waals surface area contributed by atoms with Crippen LogP contribution >= 0.6 is 0 Å². The van der Waals surface area contributed by atoms with Gasteiger partial charge in [-0.1, -0.05) is 0 Å². The molecule has 2 rings (SSSR count). The summed E-state index contributed by atoms with van der Waals surface area (Å²) < 4.78 is 1.72. The van der Waals surface area contributed by atoms with E-state index in [2.05, 4.69) is 10.4 Å². The van der Waals surface area contributed by atoms with E-state index in [1.807, 2.05) is 24.4 Å². The van der Waals surface area contributed by atoms with Gasteiger partial charge in [-0.2, -0.15) is 5.10 Å². The zero-order chi connectivity index (χ0) is 13.0. The molecule has 1 heterocycles. The molecule has 0 aliphatic heterocycles. The lowest BCUT2D eigenvalue weighted by atomic mass is 10.2. The normalized spacial score (nSPS) is 12.1. The predicted octanol–water partition coefficient (Wildman–Crippen LogP) is 0.983. The summed E-state index contributed by atoms with van der Waals surface area (Å²) in [6.07, 6.45) is 3.53. The van der Waals surface area contributed by atoms with Crippen LogP contribution in [-0.4, -0.2) is 33.4 Å². The van der Waals surface area contributed by atoms with Crippen LogP contribution in [0.4, 0.5) is 0 Å². The number of amides is 1. The van der Waals surface area contributed by atoms with Crippen LogP contribution in [0.25, 0.3) is 5.69 Å². The fourth-order valence-electron chi connectivity index (χ4n) is 1.54. The van der Waals surface area contributed by atoms with Gasteiger partial charge in [0.2, 0.25) is 0 Å². The molecular weight excluding hydrogens is 230 g/mol. The monoisotopic (exact) mass is 245 g/mol. The van der Waals surface area contributed by atoms with Crippen molar-refractivity contribution < 1.29 is 9.90 Å². The average molecular weight is 245 g/mol. The first-order valence-electron chi connectivity index (χ1n) is 5.72. The fourth-order valence-corrected chi connectivity index (χ4v) is 1.54. The summed E-state index contributed by atoms with van der Waals surface area (Å²) in [5, 5.41) is 15.7. The highest BCUT2D eigenvalue weighted by atomic mass is 16.3. The summed E-state index contributed by atoms with van der Waals surface area (Å²) >= 11 is 0. The zero-order valence-electron chi connectivity index (χ0n) is 10.1. The Hall–Kier alpha value is -2.14. The Morgan fingerprint density at radius 1 is 1.44 bits per heavy atom. The van der Waals surface area contributed by atoms with Crippen LogP contribution in [0.15, 0.2) is 42.7 Å². The molecule has 0 fully saturated rings. The zero-order valence-corrected chi connectivity index (χ0v) is 10.1. The first kappa shape index (κ1) is 12.3. The summed E-state index contributed by atoms with van der Waals surface area (Å²) in [6.45, 7) is 1.67. The molecule has 2 aromatic rings. The molecule has 0 aliphatic carbocycles. The van der Waals surface area contributed by atoms with Crippen molar-refractivity contribution in [1.29, 1.82) is 0 Å². The Balaban J connectivity index is 2.10. The van der Waals surface area contributed by atoms with E-state index >= 15 is 0 Å². The van der Waals surface area contributed by atoms with E-state index in [1.165, 1.54) is 0 Å². The van der Waals surface area contributed by atoms with Crippen molar-refractivity contribution in [2.45, 2.75) is 13.0 Å². The summed E-state index contributed by atoms with van der Waals surface area (Å²) in [5.41, 5.74) is 1.46. The quantitative estimate of drug-likeness (QED) is 0.844. The first-order valence-corrected chi connectivity index (χ1v) is 5.72. The summed E-state index contributed by atoms with van der Waals surface area (Å²) in [7, 11) is 0. The number of hydrogen-bond acceptors (Lipinski definition) is 3. The molecular formula is C13H15N3O2. The highest BCUT2D eigenvalue weighted by Gasteiger charge is 2.08. The number of aliphatic hydroxyl groups excluding tert-OH is 1. The van der Waals surface area contributed by atoms with Gasteiger partial charge in [0.1, 0.15) is 0 Å². The average Bonchev–Trinajstić information content (AvgIpc) is 2.92. The van der Waals surface area contributed by atoms with Gasteiger partial charge in [0, 0.05) is 24.0 Å². The van der Waals surface area contributed by atoms with Gasteiger partial charge in [-0.3, -0.25) is 4.79 Å². The van der Waals surface area contributed by atoms with Gasteiger partial charge >= 0.3 is 0 Å². The summed E-state index contributed by atoms with van der Waals surface area (Å²) in [6, 6.07) is 8.70. The van der Waals surface area contributed by atoms with E-state index in [0.29, 0.717) is 5.56 Å². The Morgan fingerprint density at radius 2 is 2.17 bits per heavy atom. The van der Waals surface area contributed by atoms with Gasteiger partial charge in [0.15, 0.2) is 0 Å². The smallest absolute Gasteiger partial charge is 0.251 e. The Labute approximate surface area is 105 Å². The van der Waals surface area contributed by atoms with Crippen molar-refractivity contribution in [2.24, 2.45) is 0 Å². The molecule has 0 saturated heterocycles. The second-order valence-corrected chi connectivity index (χ2v) is 4.05. The van der Waals surface area contributed by atoms with E-state index in [4.69, 9.17) is 5.11 Å².